The summed E-state index contributed by atoms with van der Waals surface area (Å²) in [7, 11) is 3.19. The number of nitrogens with two attached hydrogens (primary N) is 1. The Balaban J connectivity index is 3.37. The van der Waals surface area contributed by atoms with Crippen molar-refractivity contribution in [2.24, 2.45) is 5.90 Å². The van der Waals surface area contributed by atoms with Gasteiger partial charge in [-0.1, -0.05) is 25.4 Å². The summed E-state index contributed by atoms with van der Waals surface area (Å²) < 4.78 is 10.8. The number of methoxy groups -OCH3 is 2. The number of halogens is 1. The second-order valence-corrected chi connectivity index (χ2v) is 4.68. The van der Waals surface area contributed by atoms with Gasteiger partial charge in [0.15, 0.2) is 11.5 Å². The van der Waals surface area contributed by atoms with E-state index in [4.69, 9.17) is 27.0 Å². The van der Waals surface area contributed by atoms with Gasteiger partial charge in [-0.3, -0.25) is 0 Å². The van der Waals surface area contributed by atoms with Crippen LogP contribution in [0.25, 0.3) is 0 Å². The molecule has 0 aliphatic rings. The van der Waals surface area contributed by atoms with Crippen LogP contribution in [-0.2, 0) is 11.3 Å². The van der Waals surface area contributed by atoms with Crippen molar-refractivity contribution in [1.29, 1.82) is 0 Å². The molecular formula is C13H20ClNO3. The third-order valence-corrected chi connectivity index (χ3v) is 3.07. The molecule has 0 saturated carbocycles. The first-order valence-electron chi connectivity index (χ1n) is 5.81. The minimum Gasteiger partial charge on any atom is -0.492 e. The molecule has 0 amide bonds. The van der Waals surface area contributed by atoms with Gasteiger partial charge < -0.3 is 14.3 Å². The lowest BCUT2D eigenvalue weighted by molar-refractivity contribution is 0.141. The van der Waals surface area contributed by atoms with Crippen molar-refractivity contribution in [2.45, 2.75) is 26.2 Å². The Bertz CT molecular complexity index is 408. The zero-order chi connectivity index (χ0) is 13.7. The van der Waals surface area contributed by atoms with E-state index in [0.29, 0.717) is 35.5 Å². The highest BCUT2D eigenvalue weighted by atomic mass is 35.5. The van der Waals surface area contributed by atoms with Crippen LogP contribution in [0, 0.1) is 0 Å². The molecule has 0 fully saturated rings. The monoisotopic (exact) mass is 273 g/mol. The molecule has 0 aliphatic heterocycles. The van der Waals surface area contributed by atoms with E-state index < -0.39 is 0 Å². The van der Waals surface area contributed by atoms with Crippen LogP contribution in [-0.4, -0.2) is 20.8 Å². The third-order valence-electron chi connectivity index (χ3n) is 2.79. The summed E-state index contributed by atoms with van der Waals surface area (Å²) in [4.78, 5) is 4.64. The van der Waals surface area contributed by atoms with Crippen molar-refractivity contribution in [3.8, 4) is 11.5 Å². The van der Waals surface area contributed by atoms with E-state index in [2.05, 4.69) is 18.7 Å². The summed E-state index contributed by atoms with van der Waals surface area (Å²) in [6.45, 7) is 4.63. The van der Waals surface area contributed by atoms with E-state index in [-0.39, 0.29) is 0 Å². The smallest absolute Gasteiger partial charge is 0.179 e. The molecule has 0 atom stereocenters. The maximum atomic E-state index is 6.19. The molecule has 102 valence electrons. The molecule has 0 spiro atoms. The molecule has 0 unspecified atom stereocenters. The topological polar surface area (TPSA) is 53.7 Å². The second-order valence-electron chi connectivity index (χ2n) is 4.27. The molecule has 0 bridgehead atoms. The van der Waals surface area contributed by atoms with Gasteiger partial charge in [-0.05, 0) is 24.0 Å². The highest BCUT2D eigenvalue weighted by Gasteiger charge is 2.20. The number of ether oxygens (including phenoxy) is 2. The van der Waals surface area contributed by atoms with Crippen LogP contribution in [0.15, 0.2) is 6.07 Å². The Labute approximate surface area is 113 Å². The molecule has 4 nitrogen and oxygen atoms in total. The van der Waals surface area contributed by atoms with Crippen LogP contribution in [0.1, 0.15) is 30.9 Å². The van der Waals surface area contributed by atoms with Crippen LogP contribution in [0.4, 0.5) is 0 Å². The van der Waals surface area contributed by atoms with E-state index in [1.807, 2.05) is 6.07 Å². The molecule has 2 N–H and O–H groups in total. The van der Waals surface area contributed by atoms with E-state index >= 15 is 0 Å². The maximum absolute atomic E-state index is 6.19. The van der Waals surface area contributed by atoms with Crippen molar-refractivity contribution in [3.05, 3.63) is 22.2 Å². The molecule has 0 aliphatic carbocycles. The maximum Gasteiger partial charge on any atom is 0.179 e. The van der Waals surface area contributed by atoms with Crippen LogP contribution < -0.4 is 15.4 Å². The summed E-state index contributed by atoms with van der Waals surface area (Å²) >= 11 is 6.19. The van der Waals surface area contributed by atoms with Gasteiger partial charge in [-0.25, -0.2) is 5.90 Å². The quantitative estimate of drug-likeness (QED) is 0.810. The van der Waals surface area contributed by atoms with Gasteiger partial charge >= 0.3 is 0 Å². The van der Waals surface area contributed by atoms with Crippen LogP contribution >= 0.6 is 11.6 Å². The van der Waals surface area contributed by atoms with Crippen molar-refractivity contribution in [2.75, 3.05) is 20.8 Å². The van der Waals surface area contributed by atoms with E-state index in [1.165, 1.54) is 0 Å². The van der Waals surface area contributed by atoms with Crippen molar-refractivity contribution >= 4 is 11.6 Å². The van der Waals surface area contributed by atoms with E-state index in [0.717, 1.165) is 11.1 Å². The second kappa shape index (κ2) is 6.83. The summed E-state index contributed by atoms with van der Waals surface area (Å²) in [6.07, 6.45) is 0.685. The molecule has 1 aromatic carbocycles. The van der Waals surface area contributed by atoms with Crippen molar-refractivity contribution in [3.63, 3.8) is 0 Å². The van der Waals surface area contributed by atoms with Crippen LogP contribution in [0.3, 0.4) is 0 Å². The third kappa shape index (κ3) is 3.07. The summed E-state index contributed by atoms with van der Waals surface area (Å²) in [6, 6.07) is 1.89. The Morgan fingerprint density at radius 2 is 1.83 bits per heavy atom. The molecule has 0 radical (unpaired) electrons. The fraction of sp³-hybridized carbons (Fsp3) is 0.538. The van der Waals surface area contributed by atoms with Gasteiger partial charge in [0.2, 0.25) is 0 Å². The lowest BCUT2D eigenvalue weighted by atomic mass is 9.94. The van der Waals surface area contributed by atoms with Gasteiger partial charge in [-0.15, -0.1) is 0 Å². The molecule has 0 saturated heterocycles. The molecule has 0 heterocycles. The lowest BCUT2D eigenvalue weighted by Crippen LogP contribution is -2.08. The molecular weight excluding hydrogens is 254 g/mol. The Hall–Kier alpha value is -0.970. The summed E-state index contributed by atoms with van der Waals surface area (Å²) in [5.74, 6) is 6.63. The van der Waals surface area contributed by atoms with Gasteiger partial charge in [0.1, 0.15) is 0 Å². The first-order chi connectivity index (χ1) is 8.56. The van der Waals surface area contributed by atoms with Gasteiger partial charge in [-0.2, -0.15) is 0 Å². The normalized spacial score (nSPS) is 10.8. The number of benzene rings is 1. The zero-order valence-corrected chi connectivity index (χ0v) is 12.0. The highest BCUT2D eigenvalue weighted by molar-refractivity contribution is 6.32. The minimum atomic E-state index is 0.291. The number of rotatable bonds is 6. The predicted molar refractivity (Wildman–Crippen MR) is 72.5 cm³/mol. The Morgan fingerprint density at radius 3 is 2.28 bits per heavy atom. The SMILES string of the molecule is COc1c(Cl)cc(CCON)c(C(C)C)c1OC. The average molecular weight is 274 g/mol. The predicted octanol–water partition coefficient (Wildman–Crippen LogP) is 2.91. The number of hydrogen-bond acceptors (Lipinski definition) is 4. The molecule has 1 aromatic rings. The number of hydrogen-bond donors (Lipinski definition) is 1. The van der Waals surface area contributed by atoms with Crippen LogP contribution in [0.5, 0.6) is 11.5 Å². The van der Waals surface area contributed by atoms with Crippen LogP contribution in [0.2, 0.25) is 5.02 Å². The summed E-state index contributed by atoms with van der Waals surface area (Å²) in [5.41, 5.74) is 2.15. The fourth-order valence-corrected chi connectivity index (χ4v) is 2.37. The van der Waals surface area contributed by atoms with Crippen molar-refractivity contribution < 1.29 is 14.3 Å². The Morgan fingerprint density at radius 1 is 1.22 bits per heavy atom. The molecule has 18 heavy (non-hydrogen) atoms. The minimum absolute atomic E-state index is 0.291. The largest absolute Gasteiger partial charge is 0.492 e. The molecule has 1 rings (SSSR count). The zero-order valence-electron chi connectivity index (χ0n) is 11.2. The van der Waals surface area contributed by atoms with Gasteiger partial charge in [0, 0.05) is 5.56 Å². The first-order valence-corrected chi connectivity index (χ1v) is 6.19. The van der Waals surface area contributed by atoms with Crippen molar-refractivity contribution in [1.82, 2.24) is 0 Å². The molecule has 0 aromatic heterocycles. The van der Waals surface area contributed by atoms with E-state index in [1.54, 1.807) is 14.2 Å². The van der Waals surface area contributed by atoms with E-state index in [9.17, 15) is 0 Å². The fourth-order valence-electron chi connectivity index (χ4n) is 2.07. The summed E-state index contributed by atoms with van der Waals surface area (Å²) in [5, 5.41) is 0.533. The standard InChI is InChI=1S/C13H20ClNO3/c1-8(2)11-9(5-6-18-15)7-10(14)12(16-3)13(11)17-4/h7-8H,5-6,15H2,1-4H3. The van der Waals surface area contributed by atoms with Gasteiger partial charge in [0.25, 0.3) is 0 Å². The average Bonchev–Trinajstić information content (AvgIpc) is 2.34. The Kier molecular flexibility index (Phi) is 5.72. The first kappa shape index (κ1) is 15.1. The highest BCUT2D eigenvalue weighted by Crippen LogP contribution is 2.43. The molecule has 5 heteroatoms. The van der Waals surface area contributed by atoms with Gasteiger partial charge in [0.05, 0.1) is 25.8 Å². The lowest BCUT2D eigenvalue weighted by Gasteiger charge is -2.20.